The van der Waals surface area contributed by atoms with Gasteiger partial charge in [0.15, 0.2) is 5.78 Å². The molecule has 0 radical (unpaired) electrons. The molecule has 0 aromatic carbocycles. The van der Waals surface area contributed by atoms with E-state index in [1.807, 2.05) is 6.08 Å². The van der Waals surface area contributed by atoms with Crippen molar-refractivity contribution in [2.75, 3.05) is 0 Å². The maximum Gasteiger partial charge on any atom is 0.312 e. The lowest BCUT2D eigenvalue weighted by Gasteiger charge is -2.59. The van der Waals surface area contributed by atoms with Crippen LogP contribution in [0.15, 0.2) is 11.6 Å². The Kier molecular flexibility index (Phi) is 2.79. The molecule has 2 saturated carbocycles. The lowest BCUT2D eigenvalue weighted by Crippen LogP contribution is -2.63. The van der Waals surface area contributed by atoms with E-state index in [2.05, 4.69) is 36.4 Å². The molecule has 3 fully saturated rings. The summed E-state index contributed by atoms with van der Waals surface area (Å²) in [6.45, 7) is 4.35. The molecule has 4 aliphatic rings. The number of ether oxygens (including phenoxy) is 1. The largest absolute Gasteiger partial charge is 0.456 e. The highest BCUT2D eigenvalue weighted by Crippen LogP contribution is 2.70. The molecule has 2 bridgehead atoms. The van der Waals surface area contributed by atoms with Crippen LogP contribution in [0.25, 0.3) is 0 Å². The molecule has 114 valence electrons. The maximum atomic E-state index is 12.7. The average molecular weight is 400 g/mol. The molecule has 0 aromatic rings. The molecule has 21 heavy (non-hydrogen) atoms. The number of hydrogen-bond donors (Lipinski definition) is 0. The summed E-state index contributed by atoms with van der Waals surface area (Å²) >= 11 is 2.50. The van der Waals surface area contributed by atoms with E-state index >= 15 is 0 Å². The second kappa shape index (κ2) is 4.12. The smallest absolute Gasteiger partial charge is 0.312 e. The Morgan fingerprint density at radius 3 is 2.71 bits per heavy atom. The minimum Gasteiger partial charge on any atom is -0.456 e. The first kappa shape index (κ1) is 14.2. The van der Waals surface area contributed by atoms with E-state index in [0.717, 1.165) is 32.1 Å². The zero-order chi connectivity index (χ0) is 15.0. The third-order valence-corrected chi connectivity index (χ3v) is 8.43. The Morgan fingerprint density at radius 2 is 1.95 bits per heavy atom. The van der Waals surface area contributed by atoms with Crippen molar-refractivity contribution in [3.8, 4) is 0 Å². The molecule has 0 aromatic heterocycles. The molecule has 5 atom stereocenters. The third-order valence-electron chi connectivity index (χ3n) is 6.88. The molecule has 0 spiro atoms. The van der Waals surface area contributed by atoms with Crippen LogP contribution in [0.4, 0.5) is 0 Å². The summed E-state index contributed by atoms with van der Waals surface area (Å²) in [5, 5.41) is 0. The average Bonchev–Trinajstić information content (AvgIpc) is 2.62. The van der Waals surface area contributed by atoms with Gasteiger partial charge >= 0.3 is 5.97 Å². The Morgan fingerprint density at radius 1 is 1.19 bits per heavy atom. The fraction of sp³-hybridized carbons (Fsp3) is 0.765. The Balaban J connectivity index is 1.93. The van der Waals surface area contributed by atoms with Crippen LogP contribution in [0.1, 0.15) is 52.4 Å². The van der Waals surface area contributed by atoms with Crippen LogP contribution in [0.5, 0.6) is 0 Å². The van der Waals surface area contributed by atoms with Crippen molar-refractivity contribution < 1.29 is 14.3 Å². The van der Waals surface area contributed by atoms with Gasteiger partial charge in [0.2, 0.25) is 0 Å². The van der Waals surface area contributed by atoms with Crippen LogP contribution in [-0.2, 0) is 14.3 Å². The van der Waals surface area contributed by atoms with Crippen molar-refractivity contribution in [2.24, 2.45) is 16.7 Å². The number of halogens is 1. The quantitative estimate of drug-likeness (QED) is 0.355. The second-order valence-electron chi connectivity index (χ2n) is 7.67. The van der Waals surface area contributed by atoms with Gasteiger partial charge in [-0.05, 0) is 45.1 Å². The molecule has 0 N–H and O–H groups in total. The van der Waals surface area contributed by atoms with Crippen molar-refractivity contribution in [3.05, 3.63) is 11.6 Å². The summed E-state index contributed by atoms with van der Waals surface area (Å²) < 4.78 is 6.55. The standard InChI is InChI=1S/C17H21IO3/c1-15-7-6-13(18)17(21-14(15)20)12(15)4-3-10-9-11(19)5-8-16(10,17)2/h9,12-13H,3-8H2,1-2H3/t12-,13-,15-,16+,17-/m1/s1. The molecule has 0 unspecified atom stereocenters. The zero-order valence-corrected chi connectivity index (χ0v) is 14.7. The van der Waals surface area contributed by atoms with Gasteiger partial charge in [-0.15, -0.1) is 0 Å². The van der Waals surface area contributed by atoms with Crippen LogP contribution in [0, 0.1) is 16.7 Å². The summed E-state index contributed by atoms with van der Waals surface area (Å²) in [7, 11) is 0. The van der Waals surface area contributed by atoms with Gasteiger partial charge in [0.1, 0.15) is 5.60 Å². The number of allylic oxidation sites excluding steroid dienone is 1. The van der Waals surface area contributed by atoms with Gasteiger partial charge in [-0.1, -0.05) is 35.1 Å². The van der Waals surface area contributed by atoms with Gasteiger partial charge in [-0.2, -0.15) is 0 Å². The number of carbonyl (C=O) groups excluding carboxylic acids is 2. The number of hydrogen-bond acceptors (Lipinski definition) is 3. The van der Waals surface area contributed by atoms with Gasteiger partial charge in [0.25, 0.3) is 0 Å². The third kappa shape index (κ3) is 1.46. The van der Waals surface area contributed by atoms with Gasteiger partial charge in [0.05, 0.1) is 9.34 Å². The number of carbonyl (C=O) groups is 2. The van der Waals surface area contributed by atoms with Crippen LogP contribution in [-0.4, -0.2) is 21.3 Å². The Hall–Kier alpha value is -0.390. The summed E-state index contributed by atoms with van der Waals surface area (Å²) in [6, 6.07) is 0. The van der Waals surface area contributed by atoms with Crippen molar-refractivity contribution in [3.63, 3.8) is 0 Å². The molecule has 1 aliphatic heterocycles. The molecule has 4 heteroatoms. The van der Waals surface area contributed by atoms with E-state index in [0.29, 0.717) is 16.3 Å². The molecule has 3 aliphatic carbocycles. The van der Waals surface area contributed by atoms with Crippen LogP contribution >= 0.6 is 22.6 Å². The molecule has 4 rings (SSSR count). The normalized spacial score (nSPS) is 51.9. The lowest BCUT2D eigenvalue weighted by atomic mass is 9.47. The highest BCUT2D eigenvalue weighted by atomic mass is 127. The Bertz CT molecular complexity index is 583. The minimum absolute atomic E-state index is 0.00559. The number of esters is 1. The first-order chi connectivity index (χ1) is 9.84. The number of ketones is 1. The van der Waals surface area contributed by atoms with E-state index in [-0.39, 0.29) is 28.2 Å². The number of rotatable bonds is 0. The van der Waals surface area contributed by atoms with Crippen molar-refractivity contribution in [2.45, 2.75) is 61.9 Å². The summed E-state index contributed by atoms with van der Waals surface area (Å²) in [4.78, 5) is 24.5. The molecule has 1 saturated heterocycles. The van der Waals surface area contributed by atoms with Crippen LogP contribution < -0.4 is 0 Å². The predicted molar refractivity (Wildman–Crippen MR) is 87.1 cm³/mol. The topological polar surface area (TPSA) is 43.4 Å². The zero-order valence-electron chi connectivity index (χ0n) is 12.6. The lowest BCUT2D eigenvalue weighted by molar-refractivity contribution is -0.164. The number of fused-ring (bicyclic) bond motifs is 1. The fourth-order valence-corrected chi connectivity index (χ4v) is 7.15. The molecular weight excluding hydrogens is 379 g/mol. The van der Waals surface area contributed by atoms with Gasteiger partial charge < -0.3 is 4.74 Å². The van der Waals surface area contributed by atoms with Gasteiger partial charge in [-0.25, -0.2) is 0 Å². The monoisotopic (exact) mass is 400 g/mol. The maximum absolute atomic E-state index is 12.7. The van der Waals surface area contributed by atoms with E-state index < -0.39 is 0 Å². The second-order valence-corrected chi connectivity index (χ2v) is 9.17. The molecule has 1 heterocycles. The SMILES string of the molecule is C[C@]12CC[C@@H](I)[C@]3(OC1=O)[C@@H]2CCC1=CC(=O)CC[C@@]13C. The first-order valence-corrected chi connectivity index (χ1v) is 9.20. The summed E-state index contributed by atoms with van der Waals surface area (Å²) in [5.74, 6) is 0.555. The van der Waals surface area contributed by atoms with Gasteiger partial charge in [-0.3, -0.25) is 9.59 Å². The van der Waals surface area contributed by atoms with E-state index in [1.54, 1.807) is 0 Å². The summed E-state index contributed by atoms with van der Waals surface area (Å²) in [5.41, 5.74) is 0.388. The van der Waals surface area contributed by atoms with Crippen molar-refractivity contribution in [1.29, 1.82) is 0 Å². The molecule has 0 amide bonds. The number of alkyl halides is 1. The van der Waals surface area contributed by atoms with E-state index in [1.165, 1.54) is 5.57 Å². The van der Waals surface area contributed by atoms with Crippen molar-refractivity contribution >= 4 is 34.3 Å². The van der Waals surface area contributed by atoms with E-state index in [9.17, 15) is 9.59 Å². The molecular formula is C17H21IO3. The highest BCUT2D eigenvalue weighted by Gasteiger charge is 2.75. The van der Waals surface area contributed by atoms with Crippen LogP contribution in [0.3, 0.4) is 0 Å². The van der Waals surface area contributed by atoms with Crippen molar-refractivity contribution in [1.82, 2.24) is 0 Å². The molecule has 3 nitrogen and oxygen atoms in total. The highest BCUT2D eigenvalue weighted by molar-refractivity contribution is 14.1. The van der Waals surface area contributed by atoms with Gasteiger partial charge in [0, 0.05) is 17.8 Å². The fourth-order valence-electron chi connectivity index (χ4n) is 5.59. The predicted octanol–water partition coefficient (Wildman–Crippen LogP) is 3.59. The Labute approximate surface area is 139 Å². The minimum atomic E-state index is -0.386. The first-order valence-electron chi connectivity index (χ1n) is 7.96. The van der Waals surface area contributed by atoms with E-state index in [4.69, 9.17) is 4.74 Å². The summed E-state index contributed by atoms with van der Waals surface area (Å²) in [6.07, 6.45) is 7.19. The van der Waals surface area contributed by atoms with Crippen LogP contribution in [0.2, 0.25) is 0 Å².